The molecule has 3 aromatic rings. The van der Waals surface area contributed by atoms with Gasteiger partial charge in [0.05, 0.1) is 28.2 Å². The molecular formula is C23H23Cl2N3O4S. The lowest BCUT2D eigenvalue weighted by Gasteiger charge is -2.15. The monoisotopic (exact) mass is 507 g/mol. The first-order valence-corrected chi connectivity index (χ1v) is 13.3. The molecule has 2 atom stereocenters. The fourth-order valence-electron chi connectivity index (χ4n) is 4.16. The lowest BCUT2D eigenvalue weighted by molar-refractivity contribution is 0.208. The quantitative estimate of drug-likeness (QED) is 0.448. The summed E-state index contributed by atoms with van der Waals surface area (Å²) in [6, 6.07) is 13.3. The number of nitrogens with zero attached hydrogens (tertiary/aromatic N) is 2. The van der Waals surface area contributed by atoms with Crippen LogP contribution in [0.2, 0.25) is 5.02 Å². The van der Waals surface area contributed by atoms with Crippen LogP contribution in [0.25, 0.3) is 16.6 Å². The molecule has 1 fully saturated rings. The van der Waals surface area contributed by atoms with Crippen molar-refractivity contribution in [2.24, 2.45) is 0 Å². The molecule has 1 heterocycles. The highest BCUT2D eigenvalue weighted by molar-refractivity contribution is 7.88. The standard InChI is InChI=1S/C23H23Cl2N3O4S/c1-33(29,30)27-17-2-3-20(12-17)32-19-4-5-22-15(11-19)6-8-28(22)18-10-16(14-26)23(21(25)13-18)31-9-7-24/h4-6,8,10-11,13,17,20,27H,2-3,7,9,12H2,1H3/t17-,20+/m0/s1. The third-order valence-corrected chi connectivity index (χ3v) is 6.68. The van der Waals surface area contributed by atoms with Crippen LogP contribution in [-0.4, -0.2) is 43.9 Å². The van der Waals surface area contributed by atoms with Crippen LogP contribution in [-0.2, 0) is 10.0 Å². The topological polar surface area (TPSA) is 93.3 Å². The summed E-state index contributed by atoms with van der Waals surface area (Å²) in [6.45, 7) is 0.261. The highest BCUT2D eigenvalue weighted by atomic mass is 35.5. The summed E-state index contributed by atoms with van der Waals surface area (Å²) in [5.74, 6) is 1.35. The fourth-order valence-corrected chi connectivity index (χ4v) is 5.32. The molecule has 4 rings (SSSR count). The molecular weight excluding hydrogens is 485 g/mol. The van der Waals surface area contributed by atoms with Crippen molar-refractivity contribution in [2.75, 3.05) is 18.7 Å². The highest BCUT2D eigenvalue weighted by Gasteiger charge is 2.28. The zero-order valence-corrected chi connectivity index (χ0v) is 20.3. The van der Waals surface area contributed by atoms with Gasteiger partial charge < -0.3 is 14.0 Å². The second-order valence-electron chi connectivity index (χ2n) is 8.00. The van der Waals surface area contributed by atoms with Crippen molar-refractivity contribution in [3.63, 3.8) is 0 Å². The Labute approximate surface area is 202 Å². The van der Waals surface area contributed by atoms with Gasteiger partial charge >= 0.3 is 0 Å². The third-order valence-electron chi connectivity index (χ3n) is 5.48. The van der Waals surface area contributed by atoms with Crippen LogP contribution in [0.15, 0.2) is 42.6 Å². The second-order valence-corrected chi connectivity index (χ2v) is 10.6. The van der Waals surface area contributed by atoms with Crippen molar-refractivity contribution in [1.29, 1.82) is 5.26 Å². The number of fused-ring (bicyclic) bond motifs is 1. The molecule has 33 heavy (non-hydrogen) atoms. The van der Waals surface area contributed by atoms with E-state index in [0.29, 0.717) is 28.6 Å². The Morgan fingerprint density at radius 3 is 2.79 bits per heavy atom. The first kappa shape index (κ1) is 23.7. The van der Waals surface area contributed by atoms with Crippen LogP contribution in [0, 0.1) is 11.3 Å². The first-order valence-electron chi connectivity index (χ1n) is 10.5. The SMILES string of the molecule is CS(=O)(=O)N[C@H]1CC[C@@H](Oc2ccc3c(ccn3-c3cc(Cl)c(OCCCl)c(C#N)c3)c2)C1. The molecule has 0 aliphatic heterocycles. The van der Waals surface area contributed by atoms with Gasteiger partial charge in [-0.25, -0.2) is 13.1 Å². The molecule has 174 valence electrons. The largest absolute Gasteiger partial charge is 0.490 e. The van der Waals surface area contributed by atoms with E-state index >= 15 is 0 Å². The minimum absolute atomic E-state index is 0.0405. The van der Waals surface area contributed by atoms with Crippen molar-refractivity contribution in [1.82, 2.24) is 9.29 Å². The van der Waals surface area contributed by atoms with E-state index in [1.54, 1.807) is 12.1 Å². The van der Waals surface area contributed by atoms with E-state index < -0.39 is 10.0 Å². The molecule has 1 aliphatic rings. The molecule has 1 saturated carbocycles. The summed E-state index contributed by atoms with van der Waals surface area (Å²) in [7, 11) is -3.22. The minimum atomic E-state index is -3.22. The average molecular weight is 508 g/mol. The van der Waals surface area contributed by atoms with Gasteiger partial charge in [-0.3, -0.25) is 0 Å². The minimum Gasteiger partial charge on any atom is -0.490 e. The maximum absolute atomic E-state index is 11.5. The van der Waals surface area contributed by atoms with Crippen LogP contribution in [0.4, 0.5) is 0 Å². The number of rotatable bonds is 8. The molecule has 0 bridgehead atoms. The van der Waals surface area contributed by atoms with Gasteiger partial charge in [-0.05, 0) is 49.2 Å². The summed E-state index contributed by atoms with van der Waals surface area (Å²) < 4.78 is 39.1. The van der Waals surface area contributed by atoms with Gasteiger partial charge in [0.25, 0.3) is 0 Å². The predicted molar refractivity (Wildman–Crippen MR) is 129 cm³/mol. The predicted octanol–water partition coefficient (Wildman–Crippen LogP) is 4.62. The van der Waals surface area contributed by atoms with Crippen LogP contribution >= 0.6 is 23.2 Å². The van der Waals surface area contributed by atoms with Gasteiger partial charge in [-0.15, -0.1) is 11.6 Å². The van der Waals surface area contributed by atoms with Gasteiger partial charge in [0.15, 0.2) is 5.75 Å². The Balaban J connectivity index is 1.54. The first-order chi connectivity index (χ1) is 15.8. The summed E-state index contributed by atoms with van der Waals surface area (Å²) in [5, 5.41) is 10.9. The molecule has 2 aromatic carbocycles. The van der Waals surface area contributed by atoms with Gasteiger partial charge in [-0.2, -0.15) is 5.26 Å². The molecule has 10 heteroatoms. The van der Waals surface area contributed by atoms with Crippen molar-refractivity contribution in [3.8, 4) is 23.3 Å². The van der Waals surface area contributed by atoms with Crippen molar-refractivity contribution in [3.05, 3.63) is 53.2 Å². The van der Waals surface area contributed by atoms with E-state index in [9.17, 15) is 13.7 Å². The zero-order valence-electron chi connectivity index (χ0n) is 17.9. The Hall–Kier alpha value is -2.44. The maximum Gasteiger partial charge on any atom is 0.208 e. The maximum atomic E-state index is 11.5. The fraction of sp³-hybridized carbons (Fsp3) is 0.348. The number of benzene rings is 2. The molecule has 1 N–H and O–H groups in total. The van der Waals surface area contributed by atoms with Crippen LogP contribution in [0.1, 0.15) is 24.8 Å². The Morgan fingerprint density at radius 2 is 2.06 bits per heavy atom. The van der Waals surface area contributed by atoms with Crippen molar-refractivity contribution in [2.45, 2.75) is 31.4 Å². The van der Waals surface area contributed by atoms with Crippen LogP contribution in [0.3, 0.4) is 0 Å². The van der Waals surface area contributed by atoms with Gasteiger partial charge in [0.1, 0.15) is 24.5 Å². The number of ether oxygens (including phenoxy) is 2. The van der Waals surface area contributed by atoms with Crippen LogP contribution in [0.5, 0.6) is 11.5 Å². The molecule has 0 saturated heterocycles. The summed E-state index contributed by atoms with van der Waals surface area (Å²) in [6.07, 6.45) is 5.22. The third kappa shape index (κ3) is 5.56. The number of aromatic nitrogens is 1. The molecule has 0 unspecified atom stereocenters. The van der Waals surface area contributed by atoms with Crippen LogP contribution < -0.4 is 14.2 Å². The average Bonchev–Trinajstić information content (AvgIpc) is 3.37. The van der Waals surface area contributed by atoms with Crippen molar-refractivity contribution >= 4 is 44.1 Å². The summed E-state index contributed by atoms with van der Waals surface area (Å²) >= 11 is 12.1. The molecule has 1 aliphatic carbocycles. The smallest absolute Gasteiger partial charge is 0.208 e. The molecule has 0 spiro atoms. The van der Waals surface area contributed by atoms with Gasteiger partial charge in [0.2, 0.25) is 10.0 Å². The van der Waals surface area contributed by atoms with Gasteiger partial charge in [0, 0.05) is 29.7 Å². The lowest BCUT2D eigenvalue weighted by atomic mass is 10.2. The lowest BCUT2D eigenvalue weighted by Crippen LogP contribution is -2.32. The summed E-state index contributed by atoms with van der Waals surface area (Å²) in [4.78, 5) is 0. The van der Waals surface area contributed by atoms with Crippen molar-refractivity contribution < 1.29 is 17.9 Å². The Bertz CT molecular complexity index is 1320. The summed E-state index contributed by atoms with van der Waals surface area (Å²) in [5.41, 5.74) is 2.01. The number of nitriles is 1. The molecule has 7 nitrogen and oxygen atoms in total. The zero-order chi connectivity index (χ0) is 23.6. The van der Waals surface area contributed by atoms with E-state index in [0.717, 1.165) is 35.2 Å². The van der Waals surface area contributed by atoms with E-state index in [4.69, 9.17) is 32.7 Å². The molecule has 0 radical (unpaired) electrons. The number of hydrogen-bond donors (Lipinski definition) is 1. The molecule has 0 amide bonds. The normalized spacial score (nSPS) is 18.4. The van der Waals surface area contributed by atoms with Gasteiger partial charge in [-0.1, -0.05) is 11.6 Å². The number of hydrogen-bond acceptors (Lipinski definition) is 5. The number of nitrogens with one attached hydrogen (secondary N) is 1. The van der Waals surface area contributed by atoms with E-state index in [2.05, 4.69) is 10.8 Å². The Kier molecular flexibility index (Phi) is 7.05. The van der Waals surface area contributed by atoms with E-state index in [1.165, 1.54) is 6.26 Å². The highest BCUT2D eigenvalue weighted by Crippen LogP contribution is 2.34. The van der Waals surface area contributed by atoms with E-state index in [-0.39, 0.29) is 18.8 Å². The number of halogens is 2. The molecule has 1 aromatic heterocycles. The Morgan fingerprint density at radius 1 is 1.24 bits per heavy atom. The number of sulfonamides is 1. The number of alkyl halides is 1. The van der Waals surface area contributed by atoms with E-state index in [1.807, 2.05) is 35.0 Å². The second kappa shape index (κ2) is 9.82.